The van der Waals surface area contributed by atoms with Crippen LogP contribution in [0.3, 0.4) is 0 Å². The molecule has 0 bridgehead atoms. The van der Waals surface area contributed by atoms with Crippen LogP contribution >= 0.6 is 23.1 Å². The fraction of sp³-hybridized carbons (Fsp3) is 0.385. The molecule has 6 N–H and O–H groups in total. The number of urea groups is 1. The monoisotopic (exact) mass is 573 g/mol. The first-order valence-electron chi connectivity index (χ1n) is 12.6. The highest BCUT2D eigenvalue weighted by Crippen LogP contribution is 2.21. The molecule has 0 fully saturated rings. The highest BCUT2D eigenvalue weighted by atomic mass is 32.2. The third-order valence-corrected chi connectivity index (χ3v) is 7.34. The molecule has 0 saturated heterocycles. The van der Waals surface area contributed by atoms with Gasteiger partial charge in [-0.2, -0.15) is 16.8 Å². The van der Waals surface area contributed by atoms with Gasteiger partial charge in [0.15, 0.2) is 5.96 Å². The zero-order valence-corrected chi connectivity index (χ0v) is 23.7. The molecule has 0 unspecified atom stereocenters. The van der Waals surface area contributed by atoms with Crippen LogP contribution in [0.2, 0.25) is 0 Å². The number of nitrogens with two attached hydrogens (primary N) is 2. The minimum absolute atomic E-state index is 0.00354. The standard InChI is InChI=1S/C26H36FN9OS2/c1-35(14-15-36(23-5-2-3-10-30-23)17-20-6-8-21(27)9-7-20)13-4-11-31-25(37)32-12-16-38-18-22-19-39-26(33-22)34-24(28)29/h2-3,5-10,19H,4,11-18H2,1H3,(H2,31,32,37)(H4,28,29,33,34). The molecule has 210 valence electrons. The van der Waals surface area contributed by atoms with Crippen molar-refractivity contribution in [3.8, 4) is 0 Å². The summed E-state index contributed by atoms with van der Waals surface area (Å²) in [5.74, 6) is 2.14. The molecule has 39 heavy (non-hydrogen) atoms. The normalized spacial score (nSPS) is 10.8. The van der Waals surface area contributed by atoms with Crippen molar-refractivity contribution in [2.24, 2.45) is 16.5 Å². The lowest BCUT2D eigenvalue weighted by molar-refractivity contribution is 0.240. The number of hydrogen-bond acceptors (Lipinski definition) is 8. The summed E-state index contributed by atoms with van der Waals surface area (Å²) in [5, 5.41) is 8.26. The summed E-state index contributed by atoms with van der Waals surface area (Å²) in [5.41, 5.74) is 12.7. The summed E-state index contributed by atoms with van der Waals surface area (Å²) in [6.07, 6.45) is 2.61. The SMILES string of the molecule is CN(CCCNC(=O)NCCSCc1csc(N=C(N)N)n1)CCN(Cc1ccc(F)cc1)c1ccccn1. The van der Waals surface area contributed by atoms with E-state index in [0.717, 1.165) is 54.6 Å². The number of carbonyl (C=O) groups excluding carboxylic acids is 1. The molecule has 3 aromatic rings. The maximum atomic E-state index is 13.3. The van der Waals surface area contributed by atoms with Crippen molar-refractivity contribution in [2.75, 3.05) is 50.4 Å². The van der Waals surface area contributed by atoms with Crippen molar-refractivity contribution in [2.45, 2.75) is 18.7 Å². The molecule has 0 atom stereocenters. The van der Waals surface area contributed by atoms with E-state index in [1.165, 1.54) is 23.5 Å². The van der Waals surface area contributed by atoms with Gasteiger partial charge in [-0.05, 0) is 49.8 Å². The molecule has 0 aliphatic rings. The van der Waals surface area contributed by atoms with E-state index in [4.69, 9.17) is 11.5 Å². The third-order valence-electron chi connectivity index (χ3n) is 5.56. The van der Waals surface area contributed by atoms with Crippen LogP contribution < -0.4 is 27.0 Å². The molecule has 0 radical (unpaired) electrons. The van der Waals surface area contributed by atoms with Gasteiger partial charge in [0.2, 0.25) is 5.13 Å². The minimum Gasteiger partial charge on any atom is -0.370 e. The number of rotatable bonds is 16. The number of hydrogen-bond donors (Lipinski definition) is 4. The Labute approximate surface area is 237 Å². The maximum absolute atomic E-state index is 13.3. The molecule has 0 saturated carbocycles. The number of thiazole rings is 1. The largest absolute Gasteiger partial charge is 0.370 e. The second-order valence-electron chi connectivity index (χ2n) is 8.79. The first-order chi connectivity index (χ1) is 18.9. The molecule has 2 heterocycles. The molecular weight excluding hydrogens is 537 g/mol. The van der Waals surface area contributed by atoms with Crippen LogP contribution in [0, 0.1) is 5.82 Å². The number of carbonyl (C=O) groups is 1. The van der Waals surface area contributed by atoms with Crippen molar-refractivity contribution in [1.82, 2.24) is 25.5 Å². The molecule has 2 amide bonds. The summed E-state index contributed by atoms with van der Waals surface area (Å²) < 4.78 is 13.3. The molecular formula is C26H36FN9OS2. The zero-order valence-electron chi connectivity index (χ0n) is 22.1. The van der Waals surface area contributed by atoms with Crippen molar-refractivity contribution in [3.05, 3.63) is 71.1 Å². The van der Waals surface area contributed by atoms with Crippen LogP contribution in [0.15, 0.2) is 59.0 Å². The number of benzene rings is 1. The number of pyridine rings is 1. The van der Waals surface area contributed by atoms with E-state index >= 15 is 0 Å². The predicted octanol–water partition coefficient (Wildman–Crippen LogP) is 3.14. The van der Waals surface area contributed by atoms with E-state index < -0.39 is 0 Å². The summed E-state index contributed by atoms with van der Waals surface area (Å²) in [4.78, 5) is 29.2. The smallest absolute Gasteiger partial charge is 0.314 e. The van der Waals surface area contributed by atoms with Gasteiger partial charge in [-0.1, -0.05) is 18.2 Å². The van der Waals surface area contributed by atoms with E-state index in [-0.39, 0.29) is 17.8 Å². The van der Waals surface area contributed by atoms with Gasteiger partial charge in [-0.3, -0.25) is 0 Å². The Morgan fingerprint density at radius 1 is 1.10 bits per heavy atom. The fourth-order valence-corrected chi connectivity index (χ4v) is 5.14. The number of thioether (sulfide) groups is 1. The fourth-order valence-electron chi connectivity index (χ4n) is 3.58. The number of amides is 2. The van der Waals surface area contributed by atoms with Crippen LogP contribution in [-0.4, -0.2) is 72.4 Å². The Morgan fingerprint density at radius 2 is 1.90 bits per heavy atom. The summed E-state index contributed by atoms with van der Waals surface area (Å²) in [6, 6.07) is 12.2. The Morgan fingerprint density at radius 3 is 2.64 bits per heavy atom. The quantitative estimate of drug-likeness (QED) is 0.117. The van der Waals surface area contributed by atoms with Gasteiger partial charge in [-0.25, -0.2) is 19.2 Å². The molecule has 0 aliphatic heterocycles. The lowest BCUT2D eigenvalue weighted by Gasteiger charge is -2.27. The number of guanidine groups is 1. The van der Waals surface area contributed by atoms with Crippen molar-refractivity contribution in [3.63, 3.8) is 0 Å². The average molecular weight is 574 g/mol. The average Bonchev–Trinajstić information content (AvgIpc) is 3.36. The van der Waals surface area contributed by atoms with Crippen LogP contribution in [0.1, 0.15) is 17.7 Å². The molecule has 13 heteroatoms. The molecule has 2 aromatic heterocycles. The topological polar surface area (TPSA) is 138 Å². The van der Waals surface area contributed by atoms with Crippen LogP contribution in [0.5, 0.6) is 0 Å². The number of likely N-dealkylation sites (N-methyl/N-ethyl adjacent to an activating group) is 1. The Kier molecular flexibility index (Phi) is 12.8. The number of nitrogens with one attached hydrogen (secondary N) is 2. The number of aromatic nitrogens is 2. The minimum atomic E-state index is -0.240. The third kappa shape index (κ3) is 11.9. The molecule has 0 aliphatic carbocycles. The molecule has 1 aromatic carbocycles. The Hall–Kier alpha value is -3.42. The van der Waals surface area contributed by atoms with Gasteiger partial charge in [-0.15, -0.1) is 11.3 Å². The second-order valence-corrected chi connectivity index (χ2v) is 10.7. The first kappa shape index (κ1) is 30.1. The van der Waals surface area contributed by atoms with Gasteiger partial charge in [0, 0.05) is 55.8 Å². The molecule has 10 nitrogen and oxygen atoms in total. The van der Waals surface area contributed by atoms with Gasteiger partial charge in [0.25, 0.3) is 0 Å². The predicted molar refractivity (Wildman–Crippen MR) is 159 cm³/mol. The van der Waals surface area contributed by atoms with E-state index in [1.807, 2.05) is 23.6 Å². The number of nitrogens with zero attached hydrogens (tertiary/aromatic N) is 5. The van der Waals surface area contributed by atoms with Crippen molar-refractivity contribution in [1.29, 1.82) is 0 Å². The van der Waals surface area contributed by atoms with Gasteiger partial charge in [0.1, 0.15) is 11.6 Å². The van der Waals surface area contributed by atoms with Crippen LogP contribution in [0.4, 0.5) is 20.1 Å². The highest BCUT2D eigenvalue weighted by Gasteiger charge is 2.10. The second kappa shape index (κ2) is 16.5. The summed E-state index contributed by atoms with van der Waals surface area (Å²) >= 11 is 3.07. The van der Waals surface area contributed by atoms with Gasteiger partial charge in [0.05, 0.1) is 5.69 Å². The van der Waals surface area contributed by atoms with E-state index in [1.54, 1.807) is 30.1 Å². The van der Waals surface area contributed by atoms with E-state index in [0.29, 0.717) is 24.8 Å². The lowest BCUT2D eigenvalue weighted by Crippen LogP contribution is -2.38. The van der Waals surface area contributed by atoms with Crippen LogP contribution in [-0.2, 0) is 12.3 Å². The highest BCUT2D eigenvalue weighted by molar-refractivity contribution is 7.98. The zero-order chi connectivity index (χ0) is 27.9. The lowest BCUT2D eigenvalue weighted by atomic mass is 10.2. The summed E-state index contributed by atoms with van der Waals surface area (Å²) in [7, 11) is 2.06. The number of aliphatic imine (C=N–C) groups is 1. The van der Waals surface area contributed by atoms with Crippen molar-refractivity contribution < 1.29 is 9.18 Å². The van der Waals surface area contributed by atoms with Crippen LogP contribution in [0.25, 0.3) is 0 Å². The van der Waals surface area contributed by atoms with Crippen molar-refractivity contribution >= 4 is 46.0 Å². The van der Waals surface area contributed by atoms with Gasteiger partial charge < -0.3 is 31.9 Å². The van der Waals surface area contributed by atoms with E-state index in [9.17, 15) is 9.18 Å². The molecule has 0 spiro atoms. The Balaban J connectivity index is 1.27. The number of anilines is 1. The maximum Gasteiger partial charge on any atom is 0.314 e. The molecule has 3 rings (SSSR count). The summed E-state index contributed by atoms with van der Waals surface area (Å²) in [6.45, 7) is 4.25. The Bertz CT molecular complexity index is 1160. The van der Waals surface area contributed by atoms with E-state index in [2.05, 4.69) is 42.4 Å². The van der Waals surface area contributed by atoms with Gasteiger partial charge >= 0.3 is 6.03 Å². The number of halogens is 1. The first-order valence-corrected chi connectivity index (χ1v) is 14.6.